The van der Waals surface area contributed by atoms with Crippen LogP contribution in [0.15, 0.2) is 48.5 Å². The van der Waals surface area contributed by atoms with Gasteiger partial charge in [0.15, 0.2) is 0 Å². The number of aromatic amines is 1. The summed E-state index contributed by atoms with van der Waals surface area (Å²) in [7, 11) is 0. The summed E-state index contributed by atoms with van der Waals surface area (Å²) in [6.07, 6.45) is 1.62. The van der Waals surface area contributed by atoms with Crippen LogP contribution in [-0.2, 0) is 0 Å². The number of halogens is 3. The van der Waals surface area contributed by atoms with Gasteiger partial charge in [-0.3, -0.25) is 9.89 Å². The minimum atomic E-state index is -0.671. The van der Waals surface area contributed by atoms with Crippen molar-refractivity contribution in [1.29, 1.82) is 0 Å². The van der Waals surface area contributed by atoms with E-state index in [0.717, 1.165) is 18.5 Å². The standard InChI is InChI=1S/C21H18F3N3O/c22-15-8-6-13(7-9-15)21(28)27-10-2-3-14(12-27)18-11-19(26-25-18)20-16(23)4-1-5-17(20)24/h1,4-9,11,14H,2-3,10,12H2,(H,25,26)/t14-/m0/s1. The molecule has 0 aliphatic carbocycles. The van der Waals surface area contributed by atoms with Gasteiger partial charge in [-0.05, 0) is 55.3 Å². The lowest BCUT2D eigenvalue weighted by atomic mass is 9.93. The van der Waals surface area contributed by atoms with Gasteiger partial charge >= 0.3 is 0 Å². The van der Waals surface area contributed by atoms with Crippen molar-refractivity contribution in [2.75, 3.05) is 13.1 Å². The predicted octanol–water partition coefficient (Wildman–Crippen LogP) is 4.51. The molecule has 1 saturated heterocycles. The Morgan fingerprint density at radius 3 is 2.50 bits per heavy atom. The van der Waals surface area contributed by atoms with Crippen LogP contribution in [-0.4, -0.2) is 34.1 Å². The van der Waals surface area contributed by atoms with Crippen molar-refractivity contribution in [3.8, 4) is 11.3 Å². The summed E-state index contributed by atoms with van der Waals surface area (Å²) < 4.78 is 41.1. The van der Waals surface area contributed by atoms with Crippen molar-refractivity contribution in [3.05, 3.63) is 77.2 Å². The molecule has 2 aromatic carbocycles. The Morgan fingerprint density at radius 1 is 1.07 bits per heavy atom. The number of piperidine rings is 1. The fraction of sp³-hybridized carbons (Fsp3) is 0.238. The molecule has 1 N–H and O–H groups in total. The predicted molar refractivity (Wildman–Crippen MR) is 98.2 cm³/mol. The molecule has 1 aromatic heterocycles. The fourth-order valence-corrected chi connectivity index (χ4v) is 3.61. The Labute approximate surface area is 160 Å². The molecule has 3 aromatic rings. The molecule has 4 nitrogen and oxygen atoms in total. The highest BCUT2D eigenvalue weighted by Crippen LogP contribution is 2.31. The summed E-state index contributed by atoms with van der Waals surface area (Å²) in [5.41, 5.74) is 1.20. The number of aromatic nitrogens is 2. The molecule has 1 amide bonds. The molecule has 1 aliphatic rings. The van der Waals surface area contributed by atoms with Crippen molar-refractivity contribution in [2.24, 2.45) is 0 Å². The van der Waals surface area contributed by atoms with Crippen LogP contribution in [0.3, 0.4) is 0 Å². The van der Waals surface area contributed by atoms with Crippen molar-refractivity contribution in [1.82, 2.24) is 15.1 Å². The van der Waals surface area contributed by atoms with Gasteiger partial charge in [0.05, 0.1) is 11.3 Å². The van der Waals surface area contributed by atoms with E-state index in [1.165, 1.54) is 42.5 Å². The third-order valence-corrected chi connectivity index (χ3v) is 5.06. The molecular weight excluding hydrogens is 367 g/mol. The number of amides is 1. The third-order valence-electron chi connectivity index (χ3n) is 5.06. The molecule has 0 spiro atoms. The van der Waals surface area contributed by atoms with E-state index in [0.29, 0.717) is 18.7 Å². The number of H-pyrrole nitrogens is 1. The minimum Gasteiger partial charge on any atom is -0.338 e. The SMILES string of the molecule is O=C(c1ccc(F)cc1)N1CCC[C@H](c2cc(-c3c(F)cccc3F)n[nH]2)C1. The van der Waals surface area contributed by atoms with Gasteiger partial charge in [-0.15, -0.1) is 0 Å². The summed E-state index contributed by atoms with van der Waals surface area (Å²) >= 11 is 0. The molecule has 28 heavy (non-hydrogen) atoms. The second-order valence-corrected chi connectivity index (χ2v) is 6.90. The van der Waals surface area contributed by atoms with Crippen molar-refractivity contribution in [2.45, 2.75) is 18.8 Å². The van der Waals surface area contributed by atoms with Crippen LogP contribution in [0.5, 0.6) is 0 Å². The number of carbonyl (C=O) groups excluding carboxylic acids is 1. The second kappa shape index (κ2) is 7.50. The van der Waals surface area contributed by atoms with E-state index in [1.807, 2.05) is 0 Å². The van der Waals surface area contributed by atoms with E-state index in [2.05, 4.69) is 10.2 Å². The Kier molecular flexibility index (Phi) is 4.90. The second-order valence-electron chi connectivity index (χ2n) is 6.90. The number of hydrogen-bond acceptors (Lipinski definition) is 2. The van der Waals surface area contributed by atoms with Crippen LogP contribution >= 0.6 is 0 Å². The number of rotatable bonds is 3. The van der Waals surface area contributed by atoms with Crippen LogP contribution in [0.2, 0.25) is 0 Å². The monoisotopic (exact) mass is 385 g/mol. The summed E-state index contributed by atoms with van der Waals surface area (Å²) in [4.78, 5) is 14.4. The van der Waals surface area contributed by atoms with Crippen molar-refractivity contribution < 1.29 is 18.0 Å². The lowest BCUT2D eigenvalue weighted by Crippen LogP contribution is -2.39. The number of nitrogens with zero attached hydrogens (tertiary/aromatic N) is 2. The molecule has 0 bridgehead atoms. The van der Waals surface area contributed by atoms with E-state index in [-0.39, 0.29) is 23.1 Å². The van der Waals surface area contributed by atoms with Crippen LogP contribution in [0.4, 0.5) is 13.2 Å². The van der Waals surface area contributed by atoms with Crippen LogP contribution < -0.4 is 0 Å². The van der Waals surface area contributed by atoms with Gasteiger partial charge < -0.3 is 4.90 Å². The van der Waals surface area contributed by atoms with Gasteiger partial charge in [-0.1, -0.05) is 6.07 Å². The molecule has 0 radical (unpaired) electrons. The highest BCUT2D eigenvalue weighted by Gasteiger charge is 2.27. The largest absolute Gasteiger partial charge is 0.338 e. The Bertz CT molecular complexity index is 980. The zero-order valence-corrected chi connectivity index (χ0v) is 15.0. The molecule has 4 rings (SSSR count). The number of hydrogen-bond donors (Lipinski definition) is 1. The maximum absolute atomic E-state index is 14.0. The molecule has 1 fully saturated rings. The van der Waals surface area contributed by atoms with E-state index < -0.39 is 17.5 Å². The minimum absolute atomic E-state index is 0.0192. The maximum atomic E-state index is 14.0. The molecule has 144 valence electrons. The molecule has 1 aliphatic heterocycles. The first-order chi connectivity index (χ1) is 13.5. The van der Waals surface area contributed by atoms with Gasteiger partial charge in [0.1, 0.15) is 17.5 Å². The fourth-order valence-electron chi connectivity index (χ4n) is 3.61. The van der Waals surface area contributed by atoms with E-state index in [4.69, 9.17) is 0 Å². The first-order valence-corrected chi connectivity index (χ1v) is 9.07. The maximum Gasteiger partial charge on any atom is 0.253 e. The lowest BCUT2D eigenvalue weighted by molar-refractivity contribution is 0.0706. The number of carbonyl (C=O) groups is 1. The van der Waals surface area contributed by atoms with E-state index in [1.54, 1.807) is 11.0 Å². The van der Waals surface area contributed by atoms with Gasteiger partial charge in [0.2, 0.25) is 0 Å². The van der Waals surface area contributed by atoms with Gasteiger partial charge in [0, 0.05) is 30.3 Å². The normalized spacial score (nSPS) is 17.0. The topological polar surface area (TPSA) is 49.0 Å². The molecule has 1 atom stereocenters. The van der Waals surface area contributed by atoms with E-state index in [9.17, 15) is 18.0 Å². The van der Waals surface area contributed by atoms with Gasteiger partial charge in [-0.2, -0.15) is 5.10 Å². The van der Waals surface area contributed by atoms with Crippen LogP contribution in [0, 0.1) is 17.5 Å². The van der Waals surface area contributed by atoms with Gasteiger partial charge in [0.25, 0.3) is 5.91 Å². The van der Waals surface area contributed by atoms with Crippen LogP contribution in [0.25, 0.3) is 11.3 Å². The lowest BCUT2D eigenvalue weighted by Gasteiger charge is -2.32. The smallest absolute Gasteiger partial charge is 0.253 e. The number of benzene rings is 2. The highest BCUT2D eigenvalue weighted by molar-refractivity contribution is 5.94. The average Bonchev–Trinajstić information content (AvgIpc) is 3.18. The quantitative estimate of drug-likeness (QED) is 0.721. The molecule has 0 unspecified atom stereocenters. The summed E-state index contributed by atoms with van der Waals surface area (Å²) in [6.45, 7) is 1.06. The van der Waals surface area contributed by atoms with Crippen molar-refractivity contribution in [3.63, 3.8) is 0 Å². The van der Waals surface area contributed by atoms with Crippen LogP contribution in [0.1, 0.15) is 34.8 Å². The molecule has 7 heteroatoms. The Balaban J connectivity index is 1.53. The molecule has 0 saturated carbocycles. The Morgan fingerprint density at radius 2 is 1.79 bits per heavy atom. The number of likely N-dealkylation sites (tertiary alicyclic amines) is 1. The first-order valence-electron chi connectivity index (χ1n) is 9.07. The summed E-state index contributed by atoms with van der Waals surface area (Å²) in [6, 6.07) is 10.8. The zero-order chi connectivity index (χ0) is 19.7. The Hall–Kier alpha value is -3.09. The third kappa shape index (κ3) is 3.52. The zero-order valence-electron chi connectivity index (χ0n) is 15.0. The first kappa shape index (κ1) is 18.3. The van der Waals surface area contributed by atoms with E-state index >= 15 is 0 Å². The van der Waals surface area contributed by atoms with Gasteiger partial charge in [-0.25, -0.2) is 13.2 Å². The highest BCUT2D eigenvalue weighted by atomic mass is 19.1. The number of nitrogens with one attached hydrogen (secondary N) is 1. The summed E-state index contributed by atoms with van der Waals surface area (Å²) in [5.74, 6) is -1.91. The summed E-state index contributed by atoms with van der Waals surface area (Å²) in [5, 5.41) is 6.94. The molecule has 2 heterocycles. The average molecular weight is 385 g/mol. The molecular formula is C21H18F3N3O. The van der Waals surface area contributed by atoms with Crippen molar-refractivity contribution >= 4 is 5.91 Å².